The first-order chi connectivity index (χ1) is 11.3. The summed E-state index contributed by atoms with van der Waals surface area (Å²) in [5.74, 6) is 1.16. The second-order valence-corrected chi connectivity index (χ2v) is 7.43. The van der Waals surface area contributed by atoms with Gasteiger partial charge >= 0.3 is 0 Å². The number of aromatic nitrogens is 1. The highest BCUT2D eigenvalue weighted by Crippen LogP contribution is 2.37. The first kappa shape index (κ1) is 13.6. The number of carbonyl (C=O) groups excluding carboxylic acids is 1. The molecule has 4 heteroatoms. The molecule has 3 fully saturated rings. The van der Waals surface area contributed by atoms with Gasteiger partial charge in [-0.15, -0.1) is 0 Å². The van der Waals surface area contributed by atoms with Crippen molar-refractivity contribution in [2.45, 2.75) is 37.8 Å². The number of hydrogen-bond donors (Lipinski definition) is 1. The zero-order valence-electron chi connectivity index (χ0n) is 13.4. The number of benzene rings is 1. The lowest BCUT2D eigenvalue weighted by Gasteiger charge is -2.25. The van der Waals surface area contributed by atoms with Gasteiger partial charge in [0.15, 0.2) is 0 Å². The summed E-state index contributed by atoms with van der Waals surface area (Å²) in [6.45, 7) is 3.35. The Bertz CT molecular complexity index is 748. The summed E-state index contributed by atoms with van der Waals surface area (Å²) in [4.78, 5) is 21.0. The molecule has 3 aliphatic rings. The average molecular weight is 309 g/mol. The van der Waals surface area contributed by atoms with Crippen molar-refractivity contribution >= 4 is 16.8 Å². The van der Waals surface area contributed by atoms with Crippen LogP contribution in [0.1, 0.15) is 36.0 Å². The number of fused-ring (bicyclic) bond motifs is 2. The highest BCUT2D eigenvalue weighted by molar-refractivity contribution is 5.98. The SMILES string of the molecule is O=C(c1ccc2[nH]ccc2c1)N1CC[C@@H]2[C@@H]1CCN2CC1CC1. The third kappa shape index (κ3) is 2.27. The summed E-state index contributed by atoms with van der Waals surface area (Å²) in [7, 11) is 0. The molecular weight excluding hydrogens is 286 g/mol. The Balaban J connectivity index is 1.36. The van der Waals surface area contributed by atoms with Crippen molar-refractivity contribution in [3.8, 4) is 0 Å². The first-order valence-corrected chi connectivity index (χ1v) is 8.92. The van der Waals surface area contributed by atoms with Gasteiger partial charge in [0.25, 0.3) is 5.91 Å². The fourth-order valence-corrected chi connectivity index (χ4v) is 4.54. The molecule has 2 atom stereocenters. The summed E-state index contributed by atoms with van der Waals surface area (Å²) in [5.41, 5.74) is 1.93. The third-order valence-corrected chi connectivity index (χ3v) is 5.94. The monoisotopic (exact) mass is 309 g/mol. The van der Waals surface area contributed by atoms with Gasteiger partial charge in [-0.2, -0.15) is 0 Å². The molecule has 1 amide bonds. The van der Waals surface area contributed by atoms with Gasteiger partial charge in [-0.1, -0.05) is 0 Å². The molecule has 4 nitrogen and oxygen atoms in total. The van der Waals surface area contributed by atoms with Gasteiger partial charge < -0.3 is 9.88 Å². The van der Waals surface area contributed by atoms with Crippen LogP contribution < -0.4 is 0 Å². The van der Waals surface area contributed by atoms with Crippen LogP contribution in [-0.4, -0.2) is 52.4 Å². The van der Waals surface area contributed by atoms with E-state index in [-0.39, 0.29) is 5.91 Å². The fraction of sp³-hybridized carbons (Fsp3) is 0.526. The lowest BCUT2D eigenvalue weighted by molar-refractivity contribution is 0.0732. The molecule has 0 radical (unpaired) electrons. The lowest BCUT2D eigenvalue weighted by Crippen LogP contribution is -2.40. The smallest absolute Gasteiger partial charge is 0.254 e. The van der Waals surface area contributed by atoms with E-state index >= 15 is 0 Å². The second kappa shape index (κ2) is 5.10. The van der Waals surface area contributed by atoms with Crippen LogP contribution in [0.5, 0.6) is 0 Å². The molecule has 1 aromatic carbocycles. The number of carbonyl (C=O) groups is 1. The Labute approximate surface area is 136 Å². The van der Waals surface area contributed by atoms with E-state index in [0.717, 1.165) is 41.8 Å². The Morgan fingerprint density at radius 3 is 2.83 bits per heavy atom. The highest BCUT2D eigenvalue weighted by Gasteiger charge is 2.45. The predicted octanol–water partition coefficient (Wildman–Crippen LogP) is 2.87. The maximum atomic E-state index is 13.0. The van der Waals surface area contributed by atoms with Crippen molar-refractivity contribution in [3.63, 3.8) is 0 Å². The number of H-pyrrole nitrogens is 1. The van der Waals surface area contributed by atoms with Gasteiger partial charge in [-0.25, -0.2) is 0 Å². The van der Waals surface area contributed by atoms with E-state index in [1.807, 2.05) is 30.5 Å². The molecule has 2 aliphatic heterocycles. The molecule has 2 aromatic rings. The molecule has 0 unspecified atom stereocenters. The molecule has 120 valence electrons. The van der Waals surface area contributed by atoms with Crippen molar-refractivity contribution in [1.29, 1.82) is 0 Å². The van der Waals surface area contributed by atoms with Crippen molar-refractivity contribution < 1.29 is 4.79 Å². The first-order valence-electron chi connectivity index (χ1n) is 8.92. The number of nitrogens with one attached hydrogen (secondary N) is 1. The van der Waals surface area contributed by atoms with Crippen LogP contribution in [0.3, 0.4) is 0 Å². The standard InChI is InChI=1S/C19H23N3O/c23-19(15-3-4-16-14(11-15)5-8-20-16)22-10-7-17-18(22)6-9-21(17)12-13-1-2-13/h3-5,8,11,13,17-18,20H,1-2,6-7,9-10,12H2/t17-,18+/m1/s1. The molecule has 0 bridgehead atoms. The zero-order chi connectivity index (χ0) is 15.4. The van der Waals surface area contributed by atoms with Crippen LogP contribution in [0, 0.1) is 5.92 Å². The van der Waals surface area contributed by atoms with Gasteiger partial charge in [0.1, 0.15) is 0 Å². The van der Waals surface area contributed by atoms with Gasteiger partial charge in [-0.05, 0) is 55.9 Å². The van der Waals surface area contributed by atoms with E-state index in [1.165, 1.54) is 25.9 Å². The molecule has 1 aliphatic carbocycles. The van der Waals surface area contributed by atoms with E-state index in [0.29, 0.717) is 12.1 Å². The quantitative estimate of drug-likeness (QED) is 0.947. The number of aromatic amines is 1. The lowest BCUT2D eigenvalue weighted by atomic mass is 10.1. The van der Waals surface area contributed by atoms with Gasteiger partial charge in [0, 0.05) is 54.4 Å². The van der Waals surface area contributed by atoms with E-state index in [2.05, 4.69) is 14.8 Å². The van der Waals surface area contributed by atoms with Gasteiger partial charge in [0.05, 0.1) is 0 Å². The fourth-order valence-electron chi connectivity index (χ4n) is 4.54. The molecule has 0 spiro atoms. The minimum atomic E-state index is 0.217. The van der Waals surface area contributed by atoms with Crippen molar-refractivity contribution in [2.75, 3.05) is 19.6 Å². The van der Waals surface area contributed by atoms with E-state index < -0.39 is 0 Å². The molecule has 23 heavy (non-hydrogen) atoms. The van der Waals surface area contributed by atoms with E-state index in [1.54, 1.807) is 0 Å². The molecule has 1 aromatic heterocycles. The minimum Gasteiger partial charge on any atom is -0.361 e. The van der Waals surface area contributed by atoms with Crippen LogP contribution in [0.15, 0.2) is 30.5 Å². The molecule has 1 N–H and O–H groups in total. The molecule has 3 heterocycles. The normalized spacial score (nSPS) is 27.7. The van der Waals surface area contributed by atoms with Crippen LogP contribution >= 0.6 is 0 Å². The Morgan fingerprint density at radius 2 is 1.96 bits per heavy atom. The largest absolute Gasteiger partial charge is 0.361 e. The molecule has 2 saturated heterocycles. The van der Waals surface area contributed by atoms with Crippen molar-refractivity contribution in [1.82, 2.24) is 14.8 Å². The number of nitrogens with zero attached hydrogens (tertiary/aromatic N) is 2. The average Bonchev–Trinajstić information content (AvgIpc) is 2.99. The topological polar surface area (TPSA) is 39.3 Å². The third-order valence-electron chi connectivity index (χ3n) is 5.94. The second-order valence-electron chi connectivity index (χ2n) is 7.43. The summed E-state index contributed by atoms with van der Waals surface area (Å²) in [6.07, 6.45) is 7.04. The number of likely N-dealkylation sites (tertiary alicyclic amines) is 2. The van der Waals surface area contributed by atoms with E-state index in [9.17, 15) is 4.79 Å². The van der Waals surface area contributed by atoms with Crippen molar-refractivity contribution in [2.24, 2.45) is 5.92 Å². The van der Waals surface area contributed by atoms with Crippen LogP contribution in [-0.2, 0) is 0 Å². The molecule has 1 saturated carbocycles. The number of rotatable bonds is 3. The maximum Gasteiger partial charge on any atom is 0.254 e. The van der Waals surface area contributed by atoms with Gasteiger partial charge in [0.2, 0.25) is 0 Å². The Hall–Kier alpha value is -1.81. The molecular formula is C19H23N3O. The zero-order valence-corrected chi connectivity index (χ0v) is 13.4. The minimum absolute atomic E-state index is 0.217. The van der Waals surface area contributed by atoms with Crippen LogP contribution in [0.2, 0.25) is 0 Å². The summed E-state index contributed by atoms with van der Waals surface area (Å²) in [5, 5.41) is 1.12. The summed E-state index contributed by atoms with van der Waals surface area (Å²) in [6, 6.07) is 9.08. The molecule has 5 rings (SSSR count). The predicted molar refractivity (Wildman–Crippen MR) is 90.4 cm³/mol. The van der Waals surface area contributed by atoms with Gasteiger partial charge in [-0.3, -0.25) is 9.69 Å². The van der Waals surface area contributed by atoms with Crippen LogP contribution in [0.4, 0.5) is 0 Å². The maximum absolute atomic E-state index is 13.0. The van der Waals surface area contributed by atoms with Crippen molar-refractivity contribution in [3.05, 3.63) is 36.0 Å². The van der Waals surface area contributed by atoms with Crippen LogP contribution in [0.25, 0.3) is 10.9 Å². The highest BCUT2D eigenvalue weighted by atomic mass is 16.2. The summed E-state index contributed by atoms with van der Waals surface area (Å²) >= 11 is 0. The van der Waals surface area contributed by atoms with E-state index in [4.69, 9.17) is 0 Å². The summed E-state index contributed by atoms with van der Waals surface area (Å²) < 4.78 is 0. The Kier molecular flexibility index (Phi) is 3.02. The number of hydrogen-bond acceptors (Lipinski definition) is 2. The Morgan fingerprint density at radius 1 is 1.09 bits per heavy atom. The number of amides is 1.